The molecule has 0 spiro atoms. The van der Waals surface area contributed by atoms with Crippen LogP contribution in [-0.2, 0) is 26.0 Å². The van der Waals surface area contributed by atoms with Crippen molar-refractivity contribution in [1.82, 2.24) is 4.90 Å². The van der Waals surface area contributed by atoms with Crippen molar-refractivity contribution >= 4 is 33.2 Å². The Bertz CT molecular complexity index is 1120. The fraction of sp³-hybridized carbons (Fsp3) is 0.440. The van der Waals surface area contributed by atoms with E-state index in [9.17, 15) is 18.0 Å². The molecule has 1 N–H and O–H groups in total. The third-order valence-electron chi connectivity index (χ3n) is 6.37. The molecule has 2 aromatic carbocycles. The van der Waals surface area contributed by atoms with Gasteiger partial charge in [0.2, 0.25) is 11.8 Å². The summed E-state index contributed by atoms with van der Waals surface area (Å²) in [6.07, 6.45) is 5.36. The molecule has 0 atom stereocenters. The highest BCUT2D eigenvalue weighted by atomic mass is 32.2. The summed E-state index contributed by atoms with van der Waals surface area (Å²) in [7, 11) is -3.73. The molecule has 1 saturated heterocycles. The predicted octanol–water partition coefficient (Wildman–Crippen LogP) is 3.87. The molecule has 2 aromatic rings. The zero-order valence-corrected chi connectivity index (χ0v) is 19.9. The Morgan fingerprint density at radius 3 is 2.24 bits per heavy atom. The summed E-state index contributed by atoms with van der Waals surface area (Å²) in [5.41, 5.74) is 3.12. The van der Waals surface area contributed by atoms with Gasteiger partial charge in [-0.1, -0.05) is 30.5 Å². The fourth-order valence-electron chi connectivity index (χ4n) is 4.47. The second-order valence-corrected chi connectivity index (χ2v) is 10.5. The van der Waals surface area contributed by atoms with E-state index < -0.39 is 10.0 Å². The average molecular weight is 470 g/mol. The number of aryl methyl sites for hydroxylation is 1. The number of carbonyl (C=O) groups is 2. The molecule has 0 radical (unpaired) electrons. The number of amides is 2. The smallest absolute Gasteiger partial charge is 0.261 e. The molecule has 2 heterocycles. The van der Waals surface area contributed by atoms with Crippen molar-refractivity contribution in [1.29, 1.82) is 0 Å². The van der Waals surface area contributed by atoms with E-state index in [1.807, 2.05) is 24.0 Å². The van der Waals surface area contributed by atoms with E-state index in [0.717, 1.165) is 55.6 Å². The minimum atomic E-state index is -3.73. The Labute approximate surface area is 195 Å². The first-order valence-corrected chi connectivity index (χ1v) is 13.1. The van der Waals surface area contributed by atoms with Gasteiger partial charge in [-0.2, -0.15) is 0 Å². The molecule has 176 valence electrons. The van der Waals surface area contributed by atoms with E-state index in [1.54, 1.807) is 29.2 Å². The maximum absolute atomic E-state index is 12.8. The van der Waals surface area contributed by atoms with Gasteiger partial charge in [0.05, 0.1) is 4.90 Å². The molecule has 0 unspecified atom stereocenters. The molecule has 0 aromatic heterocycles. The molecule has 0 bridgehead atoms. The van der Waals surface area contributed by atoms with E-state index in [2.05, 4.69) is 4.72 Å². The summed E-state index contributed by atoms with van der Waals surface area (Å²) in [6.45, 7) is 4.01. The quantitative estimate of drug-likeness (QED) is 0.696. The van der Waals surface area contributed by atoms with Gasteiger partial charge in [-0.05, 0) is 62.1 Å². The van der Waals surface area contributed by atoms with Crippen molar-refractivity contribution in [3.63, 3.8) is 0 Å². The number of hydrogen-bond acceptors (Lipinski definition) is 4. The van der Waals surface area contributed by atoms with Gasteiger partial charge in [-0.3, -0.25) is 14.3 Å². The van der Waals surface area contributed by atoms with Gasteiger partial charge in [0.1, 0.15) is 0 Å². The molecule has 8 heteroatoms. The maximum atomic E-state index is 12.8. The van der Waals surface area contributed by atoms with Crippen LogP contribution in [0.5, 0.6) is 0 Å². The molecule has 33 heavy (non-hydrogen) atoms. The first kappa shape index (κ1) is 23.3. The van der Waals surface area contributed by atoms with Crippen LogP contribution < -0.4 is 9.62 Å². The number of carbonyl (C=O) groups excluding carboxylic acids is 2. The Morgan fingerprint density at radius 1 is 0.879 bits per heavy atom. The zero-order valence-electron chi connectivity index (χ0n) is 19.0. The van der Waals surface area contributed by atoms with E-state index in [0.29, 0.717) is 18.7 Å². The van der Waals surface area contributed by atoms with Gasteiger partial charge in [0.15, 0.2) is 0 Å². The molecule has 0 saturated carbocycles. The fourth-order valence-corrected chi connectivity index (χ4v) is 5.58. The van der Waals surface area contributed by atoms with Gasteiger partial charge in [0.25, 0.3) is 10.0 Å². The number of nitrogens with one attached hydrogen (secondary N) is 1. The number of sulfonamides is 1. The second kappa shape index (κ2) is 9.95. The Balaban J connectivity index is 1.39. The standard InChI is InChI=1S/C25H31N3O4S/c1-19-6-8-21(9-7-19)26-33(31,32)22-10-11-23-20(18-22)14-17-28(23)25(30)13-12-24(29)27-15-4-2-3-5-16-27/h6-11,18,26H,2-5,12-17H2,1H3. The number of fused-ring (bicyclic) bond motifs is 1. The normalized spacial score (nSPS) is 16.3. The Hall–Kier alpha value is -2.87. The summed E-state index contributed by atoms with van der Waals surface area (Å²) in [4.78, 5) is 29.1. The van der Waals surface area contributed by atoms with Gasteiger partial charge < -0.3 is 9.80 Å². The number of likely N-dealkylation sites (tertiary alicyclic amines) is 1. The summed E-state index contributed by atoms with van der Waals surface area (Å²) in [5.74, 6) is -0.0430. The third kappa shape index (κ3) is 5.55. The molecular weight excluding hydrogens is 438 g/mol. The lowest BCUT2D eigenvalue weighted by Gasteiger charge is -2.21. The van der Waals surface area contributed by atoms with Crippen LogP contribution in [0.15, 0.2) is 47.4 Å². The molecule has 2 amide bonds. The number of anilines is 2. The lowest BCUT2D eigenvalue weighted by atomic mass is 10.2. The highest BCUT2D eigenvalue weighted by Gasteiger charge is 2.27. The van der Waals surface area contributed by atoms with Crippen molar-refractivity contribution in [3.05, 3.63) is 53.6 Å². The summed E-state index contributed by atoms with van der Waals surface area (Å²) in [5, 5.41) is 0. The average Bonchev–Trinajstić information content (AvgIpc) is 3.03. The van der Waals surface area contributed by atoms with Crippen LogP contribution in [0.4, 0.5) is 11.4 Å². The van der Waals surface area contributed by atoms with Crippen molar-refractivity contribution in [2.75, 3.05) is 29.3 Å². The van der Waals surface area contributed by atoms with Crippen LogP contribution in [0.1, 0.15) is 49.7 Å². The monoisotopic (exact) mass is 469 g/mol. The van der Waals surface area contributed by atoms with E-state index in [-0.39, 0.29) is 29.6 Å². The zero-order chi connectivity index (χ0) is 23.4. The maximum Gasteiger partial charge on any atom is 0.261 e. The largest absolute Gasteiger partial charge is 0.343 e. The van der Waals surface area contributed by atoms with Gasteiger partial charge in [-0.15, -0.1) is 0 Å². The highest BCUT2D eigenvalue weighted by Crippen LogP contribution is 2.31. The molecule has 4 rings (SSSR count). The summed E-state index contributed by atoms with van der Waals surface area (Å²) >= 11 is 0. The van der Waals surface area contributed by atoms with Crippen molar-refractivity contribution in [2.24, 2.45) is 0 Å². The van der Waals surface area contributed by atoms with Crippen LogP contribution in [0.2, 0.25) is 0 Å². The lowest BCUT2D eigenvalue weighted by molar-refractivity contribution is -0.133. The number of rotatable bonds is 6. The second-order valence-electron chi connectivity index (χ2n) is 8.85. The topological polar surface area (TPSA) is 86.8 Å². The van der Waals surface area contributed by atoms with E-state index in [4.69, 9.17) is 0 Å². The molecule has 1 fully saturated rings. The van der Waals surface area contributed by atoms with Crippen molar-refractivity contribution in [3.8, 4) is 0 Å². The van der Waals surface area contributed by atoms with Crippen molar-refractivity contribution in [2.45, 2.75) is 56.8 Å². The highest BCUT2D eigenvalue weighted by molar-refractivity contribution is 7.92. The number of nitrogens with zero attached hydrogens (tertiary/aromatic N) is 2. The number of hydrogen-bond donors (Lipinski definition) is 1. The van der Waals surface area contributed by atoms with Gasteiger partial charge in [-0.25, -0.2) is 8.42 Å². The summed E-state index contributed by atoms with van der Waals surface area (Å²) < 4.78 is 28.2. The van der Waals surface area contributed by atoms with E-state index >= 15 is 0 Å². The van der Waals surface area contributed by atoms with Crippen LogP contribution in [-0.4, -0.2) is 44.8 Å². The number of benzene rings is 2. The van der Waals surface area contributed by atoms with E-state index in [1.165, 1.54) is 6.07 Å². The molecule has 0 aliphatic carbocycles. The molecular formula is C25H31N3O4S. The summed E-state index contributed by atoms with van der Waals surface area (Å²) in [6, 6.07) is 12.0. The Kier molecular flexibility index (Phi) is 7.02. The van der Waals surface area contributed by atoms with Crippen LogP contribution >= 0.6 is 0 Å². The first-order valence-electron chi connectivity index (χ1n) is 11.6. The van der Waals surface area contributed by atoms with Gasteiger partial charge >= 0.3 is 0 Å². The third-order valence-corrected chi connectivity index (χ3v) is 7.75. The predicted molar refractivity (Wildman–Crippen MR) is 129 cm³/mol. The minimum absolute atomic E-state index is 0.0493. The minimum Gasteiger partial charge on any atom is -0.343 e. The van der Waals surface area contributed by atoms with Crippen LogP contribution in [0.25, 0.3) is 0 Å². The van der Waals surface area contributed by atoms with Crippen LogP contribution in [0.3, 0.4) is 0 Å². The SMILES string of the molecule is Cc1ccc(NS(=O)(=O)c2ccc3c(c2)CCN3C(=O)CCC(=O)N2CCCCCC2)cc1. The van der Waals surface area contributed by atoms with Crippen LogP contribution in [0, 0.1) is 6.92 Å². The Morgan fingerprint density at radius 2 is 1.55 bits per heavy atom. The lowest BCUT2D eigenvalue weighted by Crippen LogP contribution is -2.34. The van der Waals surface area contributed by atoms with Crippen molar-refractivity contribution < 1.29 is 18.0 Å². The van der Waals surface area contributed by atoms with Gasteiger partial charge in [0, 0.05) is 43.9 Å². The molecule has 7 nitrogen and oxygen atoms in total. The first-order chi connectivity index (χ1) is 15.8. The molecule has 2 aliphatic heterocycles. The molecule has 2 aliphatic rings.